The summed E-state index contributed by atoms with van der Waals surface area (Å²) in [5, 5.41) is 1.96. The summed E-state index contributed by atoms with van der Waals surface area (Å²) in [5.74, 6) is 1.31. The van der Waals surface area contributed by atoms with E-state index < -0.39 is 13.8 Å². The molecule has 0 N–H and O–H groups in total. The summed E-state index contributed by atoms with van der Waals surface area (Å²) in [5.41, 5.74) is 7.57. The van der Waals surface area contributed by atoms with E-state index in [1.54, 1.807) is 24.4 Å². The first-order valence-electron chi connectivity index (χ1n) is 20.4. The van der Waals surface area contributed by atoms with E-state index >= 15 is 0 Å². The maximum absolute atomic E-state index is 8.59. The minimum atomic E-state index is -2.41. The number of hydrogen-bond acceptors (Lipinski definition) is 2. The Morgan fingerprint density at radius 2 is 1.46 bits per heavy atom. The van der Waals surface area contributed by atoms with Crippen LogP contribution in [0.25, 0.3) is 55.5 Å². The van der Waals surface area contributed by atoms with Gasteiger partial charge in [0.05, 0.1) is 0 Å². The Balaban J connectivity index is 1.23. The molecule has 0 saturated carbocycles. The van der Waals surface area contributed by atoms with E-state index in [1.807, 2.05) is 101 Å². The first-order valence-corrected chi connectivity index (χ1v) is 18.6. The Labute approximate surface area is 324 Å². The SMILES string of the molecule is [2H]C([2H])([2H])c1cc(-n2c3[c-]c(Oc4[c-]c(-n5[c](=[Pt])n(C([2H])([2H])[2H])c6ccccc65)ccc4)ccc3c3cc4c(cc32)C(C)(C)CCC4(C)C)ncc1-c1ccccc1. The van der Waals surface area contributed by atoms with Gasteiger partial charge in [-0.25, -0.2) is 0 Å². The van der Waals surface area contributed by atoms with Gasteiger partial charge >= 0.3 is 198 Å². The van der Waals surface area contributed by atoms with Gasteiger partial charge in [0, 0.05) is 15.9 Å². The van der Waals surface area contributed by atoms with Crippen LogP contribution in [0.15, 0.2) is 109 Å². The molecule has 0 aliphatic heterocycles. The number of rotatable bonds is 5. The molecule has 0 atom stereocenters. The van der Waals surface area contributed by atoms with Crippen LogP contribution in [-0.4, -0.2) is 18.7 Å². The van der Waals surface area contributed by atoms with Gasteiger partial charge in [0.25, 0.3) is 0 Å². The van der Waals surface area contributed by atoms with Crippen molar-refractivity contribution in [2.75, 3.05) is 0 Å². The van der Waals surface area contributed by atoms with Crippen molar-refractivity contribution in [3.05, 3.63) is 142 Å². The van der Waals surface area contributed by atoms with Crippen molar-refractivity contribution in [2.24, 2.45) is 6.98 Å². The molecule has 5 aromatic carbocycles. The summed E-state index contributed by atoms with van der Waals surface area (Å²) < 4.78 is 62.7. The number of pyridine rings is 1. The molecule has 3 heterocycles. The fourth-order valence-electron chi connectivity index (χ4n) is 7.79. The summed E-state index contributed by atoms with van der Waals surface area (Å²) in [6, 6.07) is 39.5. The summed E-state index contributed by atoms with van der Waals surface area (Å²) in [6.07, 6.45) is 3.77. The molecule has 0 radical (unpaired) electrons. The van der Waals surface area contributed by atoms with Crippen molar-refractivity contribution >= 4 is 32.8 Å². The Kier molecular flexibility index (Phi) is 6.19. The molecule has 3 aromatic heterocycles. The van der Waals surface area contributed by atoms with Crippen LogP contribution in [0.3, 0.4) is 0 Å². The number of benzene rings is 5. The fraction of sp³-hybridized carbons (Fsp3) is 0.217. The Morgan fingerprint density at radius 1 is 0.731 bits per heavy atom. The molecular formula is C46H40N4OPt-2. The summed E-state index contributed by atoms with van der Waals surface area (Å²) >= 11 is 2.05. The number of imidazole rings is 1. The number of aryl methyl sites for hydroxylation is 2. The molecule has 0 amide bonds. The van der Waals surface area contributed by atoms with Gasteiger partial charge in [0.2, 0.25) is 0 Å². The fourth-order valence-corrected chi connectivity index (χ4v) is 8.61. The van der Waals surface area contributed by atoms with E-state index in [9.17, 15) is 0 Å². The molecule has 262 valence electrons. The Morgan fingerprint density at radius 3 is 2.23 bits per heavy atom. The van der Waals surface area contributed by atoms with Gasteiger partial charge in [-0.15, -0.1) is 0 Å². The molecule has 5 nitrogen and oxygen atoms in total. The van der Waals surface area contributed by atoms with Crippen molar-refractivity contribution in [3.8, 4) is 34.1 Å². The summed E-state index contributed by atoms with van der Waals surface area (Å²) in [6.45, 7) is 4.41. The van der Waals surface area contributed by atoms with E-state index in [4.69, 9.17) is 17.9 Å². The molecule has 0 spiro atoms. The average Bonchev–Trinajstić information content (AvgIpc) is 3.66. The quantitative estimate of drug-likeness (QED) is 0.162. The van der Waals surface area contributed by atoms with Crippen LogP contribution in [0.4, 0.5) is 0 Å². The zero-order chi connectivity index (χ0) is 40.9. The molecule has 6 heteroatoms. The first-order chi connectivity index (χ1) is 27.4. The topological polar surface area (TPSA) is 36.9 Å². The summed E-state index contributed by atoms with van der Waals surface area (Å²) in [7, 11) is 0. The van der Waals surface area contributed by atoms with E-state index in [0.29, 0.717) is 43.4 Å². The van der Waals surface area contributed by atoms with Crippen molar-refractivity contribution < 1.29 is 32.3 Å². The third-order valence-corrected chi connectivity index (χ3v) is 11.8. The smallest absolute Gasteiger partial charge is 0.0622 e. The van der Waals surface area contributed by atoms with Gasteiger partial charge in [0.15, 0.2) is 0 Å². The van der Waals surface area contributed by atoms with Crippen LogP contribution in [0.1, 0.15) is 65.5 Å². The predicted molar refractivity (Wildman–Crippen MR) is 207 cm³/mol. The molecular weight excluding hydrogens is 820 g/mol. The van der Waals surface area contributed by atoms with Gasteiger partial charge in [-0.05, 0) is 52.8 Å². The van der Waals surface area contributed by atoms with Crippen molar-refractivity contribution in [1.82, 2.24) is 18.7 Å². The number of para-hydroxylation sites is 2. The number of ether oxygens (including phenoxy) is 1. The van der Waals surface area contributed by atoms with E-state index in [1.165, 1.54) is 15.7 Å². The minimum absolute atomic E-state index is 0.0310. The average molecular weight is 866 g/mol. The third kappa shape index (κ3) is 5.24. The van der Waals surface area contributed by atoms with Gasteiger partial charge < -0.3 is 0 Å². The normalized spacial score (nSPS) is 17.2. The molecule has 0 unspecified atom stereocenters. The second-order valence-electron chi connectivity index (χ2n) is 15.0. The van der Waals surface area contributed by atoms with Crippen LogP contribution in [0, 0.1) is 22.8 Å². The van der Waals surface area contributed by atoms with Crippen molar-refractivity contribution in [1.29, 1.82) is 0 Å². The monoisotopic (exact) mass is 865 g/mol. The van der Waals surface area contributed by atoms with Crippen molar-refractivity contribution in [3.63, 3.8) is 0 Å². The third-order valence-electron chi connectivity index (χ3n) is 10.7. The number of aromatic nitrogens is 4. The van der Waals surface area contributed by atoms with Gasteiger partial charge in [-0.1, -0.05) is 58.0 Å². The van der Waals surface area contributed by atoms with Crippen LogP contribution < -0.4 is 4.74 Å². The van der Waals surface area contributed by atoms with Gasteiger partial charge in [-0.3, -0.25) is 0 Å². The summed E-state index contributed by atoms with van der Waals surface area (Å²) in [4.78, 5) is 4.96. The molecule has 0 bridgehead atoms. The molecule has 0 fully saturated rings. The minimum Gasteiger partial charge on any atom is -0.0622 e. The van der Waals surface area contributed by atoms with Crippen LogP contribution >= 0.6 is 0 Å². The molecule has 9 rings (SSSR count). The van der Waals surface area contributed by atoms with E-state index in [-0.39, 0.29) is 16.4 Å². The van der Waals surface area contributed by atoms with Crippen LogP contribution in [-0.2, 0) is 37.2 Å². The molecule has 52 heavy (non-hydrogen) atoms. The molecule has 8 aromatic rings. The van der Waals surface area contributed by atoms with E-state index in [2.05, 4.69) is 52.0 Å². The number of hydrogen-bond donors (Lipinski definition) is 0. The second kappa shape index (κ2) is 12.0. The number of nitrogens with zero attached hydrogens (tertiary/aromatic N) is 4. The second-order valence-corrected chi connectivity index (χ2v) is 16.0. The zero-order valence-corrected chi connectivity index (χ0v) is 31.6. The predicted octanol–water partition coefficient (Wildman–Crippen LogP) is 11.3. The van der Waals surface area contributed by atoms with Gasteiger partial charge in [0.1, 0.15) is 0 Å². The first kappa shape index (κ1) is 26.7. The van der Waals surface area contributed by atoms with E-state index in [0.717, 1.165) is 40.2 Å². The van der Waals surface area contributed by atoms with Crippen LogP contribution in [0.5, 0.6) is 11.5 Å². The van der Waals surface area contributed by atoms with Gasteiger partial charge in [-0.2, -0.15) is 0 Å². The number of fused-ring (bicyclic) bond motifs is 5. The molecule has 1 aliphatic carbocycles. The Bertz CT molecular complexity index is 2990. The Hall–Kier alpha value is -4.99. The zero-order valence-electron chi connectivity index (χ0n) is 35.3. The molecule has 1 aliphatic rings. The van der Waals surface area contributed by atoms with Crippen molar-refractivity contribution in [2.45, 2.75) is 58.2 Å². The van der Waals surface area contributed by atoms with Crippen LogP contribution in [0.2, 0.25) is 0 Å². The standard InChI is InChI=1S/C46H40N4O.Pt/c1-30-23-44(47-28-37(30)31-13-8-7-9-14-31)50-42-25-34(51-33-16-12-15-32(24-33)49-29-48(6)40-17-10-11-18-41(40)49)19-20-35(42)36-26-38-39(27-43(36)50)46(4,5)22-21-45(38,2)3;/h7-20,23,26-28H,21-22H2,1-6H3;/q-2;/i1D3,6D3;. The maximum atomic E-state index is 8.59. The molecule has 0 saturated heterocycles.